The van der Waals surface area contributed by atoms with E-state index in [9.17, 15) is 4.79 Å². The lowest BCUT2D eigenvalue weighted by atomic mass is 10.0. The predicted molar refractivity (Wildman–Crippen MR) is 74.8 cm³/mol. The number of ketones is 1. The number of carbonyl (C=O) groups excluding carboxylic acids is 1. The molecule has 0 saturated heterocycles. The van der Waals surface area contributed by atoms with Gasteiger partial charge in [-0.05, 0) is 41.1 Å². The van der Waals surface area contributed by atoms with Crippen molar-refractivity contribution in [1.82, 2.24) is 0 Å². The van der Waals surface area contributed by atoms with Gasteiger partial charge in [0.25, 0.3) is 0 Å². The van der Waals surface area contributed by atoms with Crippen molar-refractivity contribution in [2.75, 3.05) is 6.61 Å². The smallest absolute Gasteiger partial charge is 0.192 e. The second kappa shape index (κ2) is 6.66. The van der Waals surface area contributed by atoms with Crippen LogP contribution in [0.25, 0.3) is 0 Å². The molecule has 0 fully saturated rings. The number of nitrogens with zero attached hydrogens (tertiary/aromatic N) is 1. The molecule has 0 radical (unpaired) electrons. The van der Waals surface area contributed by atoms with Gasteiger partial charge in [-0.2, -0.15) is 5.26 Å². The summed E-state index contributed by atoms with van der Waals surface area (Å²) >= 11 is 6.61. The Morgan fingerprint density at radius 3 is 2.72 bits per heavy atom. The standard InChI is InChI=1S/C12H10Br2N2O2/c1-7(16)9(5-15)11(17)6-18-12-3-2-8(13)4-10(12)14/h2-4,9,16H,6H2,1H3. The number of hydrogen-bond donors (Lipinski definition) is 1. The molecule has 94 valence electrons. The van der Waals surface area contributed by atoms with Gasteiger partial charge in [-0.1, -0.05) is 15.9 Å². The van der Waals surface area contributed by atoms with Crippen molar-refractivity contribution >= 4 is 43.4 Å². The van der Waals surface area contributed by atoms with Gasteiger partial charge in [0, 0.05) is 10.2 Å². The van der Waals surface area contributed by atoms with Crippen molar-refractivity contribution in [3.8, 4) is 11.8 Å². The van der Waals surface area contributed by atoms with E-state index in [0.717, 1.165) is 4.47 Å². The highest BCUT2D eigenvalue weighted by atomic mass is 79.9. The topological polar surface area (TPSA) is 73.9 Å². The molecule has 6 heteroatoms. The first-order chi connectivity index (χ1) is 8.45. The van der Waals surface area contributed by atoms with Crippen LogP contribution in [0.2, 0.25) is 0 Å². The van der Waals surface area contributed by atoms with Gasteiger partial charge in [0.05, 0.1) is 10.5 Å². The van der Waals surface area contributed by atoms with Gasteiger partial charge < -0.3 is 10.1 Å². The molecule has 1 atom stereocenters. The number of halogens is 2. The Kier molecular flexibility index (Phi) is 5.51. The molecule has 0 bridgehead atoms. The lowest BCUT2D eigenvalue weighted by Gasteiger charge is -2.10. The first kappa shape index (κ1) is 14.9. The molecule has 18 heavy (non-hydrogen) atoms. The van der Waals surface area contributed by atoms with Crippen LogP contribution >= 0.6 is 31.9 Å². The molecule has 1 rings (SSSR count). The molecule has 0 amide bonds. The first-order valence-corrected chi connectivity index (χ1v) is 6.59. The molecular weight excluding hydrogens is 364 g/mol. The molecule has 1 unspecified atom stereocenters. The van der Waals surface area contributed by atoms with E-state index < -0.39 is 11.7 Å². The maximum atomic E-state index is 11.7. The van der Waals surface area contributed by atoms with Crippen LogP contribution in [0.4, 0.5) is 0 Å². The van der Waals surface area contributed by atoms with Gasteiger partial charge in [-0.25, -0.2) is 0 Å². The lowest BCUT2D eigenvalue weighted by Crippen LogP contribution is -2.25. The number of hydrogen-bond acceptors (Lipinski definition) is 4. The summed E-state index contributed by atoms with van der Waals surface area (Å²) in [5.74, 6) is -0.926. The molecule has 1 N–H and O–H groups in total. The van der Waals surface area contributed by atoms with Crippen molar-refractivity contribution < 1.29 is 9.53 Å². The van der Waals surface area contributed by atoms with E-state index in [4.69, 9.17) is 15.4 Å². The van der Waals surface area contributed by atoms with Gasteiger partial charge in [0.1, 0.15) is 18.3 Å². The number of ether oxygens (including phenoxy) is 1. The fraction of sp³-hybridized carbons (Fsp3) is 0.250. The Bertz CT molecular complexity index is 523. The molecule has 0 aliphatic carbocycles. The Hall–Kier alpha value is -1.19. The van der Waals surface area contributed by atoms with Gasteiger partial charge in [-0.3, -0.25) is 4.79 Å². The fourth-order valence-corrected chi connectivity index (χ4v) is 2.40. The van der Waals surface area contributed by atoms with Gasteiger partial charge >= 0.3 is 0 Å². The van der Waals surface area contributed by atoms with E-state index in [2.05, 4.69) is 31.9 Å². The number of nitrogens with one attached hydrogen (secondary N) is 1. The summed E-state index contributed by atoms with van der Waals surface area (Å²) in [5, 5.41) is 16.1. The van der Waals surface area contributed by atoms with Crippen molar-refractivity contribution in [2.24, 2.45) is 5.92 Å². The average Bonchev–Trinajstić information content (AvgIpc) is 2.28. The van der Waals surface area contributed by atoms with E-state index >= 15 is 0 Å². The van der Waals surface area contributed by atoms with Crippen LogP contribution in [0, 0.1) is 22.7 Å². The van der Waals surface area contributed by atoms with Crippen LogP contribution < -0.4 is 4.74 Å². The number of carbonyl (C=O) groups is 1. The minimum absolute atomic E-state index is 0.0287. The van der Waals surface area contributed by atoms with Gasteiger partial charge in [-0.15, -0.1) is 0 Å². The SMILES string of the molecule is CC(=N)C(C#N)C(=O)COc1ccc(Br)cc1Br. The summed E-state index contributed by atoms with van der Waals surface area (Å²) in [4.78, 5) is 11.7. The highest BCUT2D eigenvalue weighted by molar-refractivity contribution is 9.11. The molecule has 0 aliphatic rings. The zero-order chi connectivity index (χ0) is 13.7. The molecule has 0 spiro atoms. The van der Waals surface area contributed by atoms with Crippen LogP contribution in [-0.2, 0) is 4.79 Å². The number of Topliss-reactive ketones (excluding diaryl/α,β-unsaturated/α-hetero) is 1. The Balaban J connectivity index is 2.68. The van der Waals surface area contributed by atoms with E-state index in [-0.39, 0.29) is 12.3 Å². The first-order valence-electron chi connectivity index (χ1n) is 5.01. The molecule has 0 saturated carbocycles. The molecule has 4 nitrogen and oxygen atoms in total. The molecule has 0 heterocycles. The average molecular weight is 374 g/mol. The highest BCUT2D eigenvalue weighted by Crippen LogP contribution is 2.28. The van der Waals surface area contributed by atoms with Gasteiger partial charge in [0.2, 0.25) is 0 Å². The summed E-state index contributed by atoms with van der Waals surface area (Å²) in [5.41, 5.74) is 0.0287. The van der Waals surface area contributed by atoms with Gasteiger partial charge in [0.15, 0.2) is 5.78 Å². The Morgan fingerprint density at radius 1 is 1.56 bits per heavy atom. The predicted octanol–water partition coefficient (Wildman–Crippen LogP) is 3.34. The number of rotatable bonds is 5. The van der Waals surface area contributed by atoms with Crippen LogP contribution in [0.3, 0.4) is 0 Å². The summed E-state index contributed by atoms with van der Waals surface area (Å²) in [7, 11) is 0. The monoisotopic (exact) mass is 372 g/mol. The zero-order valence-corrected chi connectivity index (χ0v) is 12.7. The number of benzene rings is 1. The van der Waals surface area contributed by atoms with Crippen molar-refractivity contribution in [2.45, 2.75) is 6.92 Å². The largest absolute Gasteiger partial charge is 0.485 e. The van der Waals surface area contributed by atoms with Crippen LogP contribution in [0.1, 0.15) is 6.92 Å². The van der Waals surface area contributed by atoms with E-state index in [0.29, 0.717) is 10.2 Å². The minimum atomic E-state index is -1.03. The fourth-order valence-electron chi connectivity index (χ4n) is 1.23. The van der Waals surface area contributed by atoms with E-state index in [1.165, 1.54) is 6.92 Å². The third-order valence-electron chi connectivity index (χ3n) is 2.15. The number of nitriles is 1. The highest BCUT2D eigenvalue weighted by Gasteiger charge is 2.20. The Labute approximate surface area is 122 Å². The molecule has 1 aromatic rings. The lowest BCUT2D eigenvalue weighted by molar-refractivity contribution is -0.121. The maximum absolute atomic E-state index is 11.7. The summed E-state index contributed by atoms with van der Waals surface area (Å²) in [6, 6.07) is 7.08. The summed E-state index contributed by atoms with van der Waals surface area (Å²) < 4.78 is 6.92. The van der Waals surface area contributed by atoms with Crippen molar-refractivity contribution in [1.29, 1.82) is 10.7 Å². The van der Waals surface area contributed by atoms with E-state index in [1.807, 2.05) is 0 Å². The van der Waals surface area contributed by atoms with Crippen molar-refractivity contribution in [3.05, 3.63) is 27.1 Å². The van der Waals surface area contributed by atoms with Crippen LogP contribution in [0.5, 0.6) is 5.75 Å². The van der Waals surface area contributed by atoms with Crippen LogP contribution in [-0.4, -0.2) is 18.1 Å². The third-order valence-corrected chi connectivity index (χ3v) is 3.26. The normalized spacial score (nSPS) is 11.4. The molecule has 0 aliphatic heterocycles. The second-order valence-electron chi connectivity index (χ2n) is 3.57. The molecule has 1 aromatic carbocycles. The minimum Gasteiger partial charge on any atom is -0.485 e. The Morgan fingerprint density at radius 2 is 2.22 bits per heavy atom. The molecule has 0 aromatic heterocycles. The molecular formula is C12H10Br2N2O2. The summed E-state index contributed by atoms with van der Waals surface area (Å²) in [6.07, 6.45) is 0. The third kappa shape index (κ3) is 3.93. The summed E-state index contributed by atoms with van der Waals surface area (Å²) in [6.45, 7) is 1.20. The quantitative estimate of drug-likeness (QED) is 0.804. The van der Waals surface area contributed by atoms with E-state index in [1.54, 1.807) is 24.3 Å². The second-order valence-corrected chi connectivity index (χ2v) is 5.34. The maximum Gasteiger partial charge on any atom is 0.192 e. The zero-order valence-electron chi connectivity index (χ0n) is 9.54. The van der Waals surface area contributed by atoms with Crippen molar-refractivity contribution in [3.63, 3.8) is 0 Å². The van der Waals surface area contributed by atoms with Crippen LogP contribution in [0.15, 0.2) is 27.1 Å².